The monoisotopic (exact) mass is 200 g/mol. The first-order chi connectivity index (χ1) is 6.52. The second kappa shape index (κ2) is 6.56. The van der Waals surface area contributed by atoms with Gasteiger partial charge in [-0.05, 0) is 13.8 Å². The summed E-state index contributed by atoms with van der Waals surface area (Å²) in [6.07, 6.45) is 3.36. The average Bonchev–Trinajstić information content (AvgIpc) is 2.14. The van der Waals surface area contributed by atoms with Crippen molar-refractivity contribution in [1.82, 2.24) is 10.6 Å². The minimum Gasteiger partial charge on any atom is -0.383 e. The van der Waals surface area contributed by atoms with Crippen LogP contribution in [0.15, 0.2) is 12.2 Å². The second-order valence-electron chi connectivity index (χ2n) is 3.59. The van der Waals surface area contributed by atoms with Gasteiger partial charge in [0.1, 0.15) is 0 Å². The predicted molar refractivity (Wildman–Crippen MR) is 57.2 cm³/mol. The molecule has 0 saturated heterocycles. The SMILES string of the molecule is CNC(=O)C=CC(C)(C)NCCOC. The largest absolute Gasteiger partial charge is 0.383 e. The van der Waals surface area contributed by atoms with Crippen LogP contribution in [0.4, 0.5) is 0 Å². The van der Waals surface area contributed by atoms with Crippen LogP contribution in [0.5, 0.6) is 0 Å². The maximum Gasteiger partial charge on any atom is 0.243 e. The van der Waals surface area contributed by atoms with Crippen LogP contribution in [0.25, 0.3) is 0 Å². The number of ether oxygens (including phenoxy) is 1. The lowest BCUT2D eigenvalue weighted by Crippen LogP contribution is -2.39. The highest BCUT2D eigenvalue weighted by molar-refractivity contribution is 5.87. The van der Waals surface area contributed by atoms with Crippen LogP contribution in [0.3, 0.4) is 0 Å². The van der Waals surface area contributed by atoms with Crippen LogP contribution < -0.4 is 10.6 Å². The van der Waals surface area contributed by atoms with E-state index >= 15 is 0 Å². The van der Waals surface area contributed by atoms with Crippen molar-refractivity contribution in [2.75, 3.05) is 27.3 Å². The Balaban J connectivity index is 3.92. The third-order valence-corrected chi connectivity index (χ3v) is 1.78. The molecule has 0 saturated carbocycles. The highest BCUT2D eigenvalue weighted by Crippen LogP contribution is 2.02. The van der Waals surface area contributed by atoms with Gasteiger partial charge in [-0.3, -0.25) is 4.79 Å². The van der Waals surface area contributed by atoms with Gasteiger partial charge in [-0.25, -0.2) is 0 Å². The predicted octanol–water partition coefficient (Wildman–Crippen LogP) is 0.303. The Morgan fingerprint density at radius 1 is 1.50 bits per heavy atom. The van der Waals surface area contributed by atoms with E-state index in [9.17, 15) is 4.79 Å². The van der Waals surface area contributed by atoms with E-state index in [2.05, 4.69) is 10.6 Å². The van der Waals surface area contributed by atoms with Crippen molar-refractivity contribution in [3.8, 4) is 0 Å². The Labute approximate surface area is 85.7 Å². The highest BCUT2D eigenvalue weighted by Gasteiger charge is 2.11. The highest BCUT2D eigenvalue weighted by atomic mass is 16.5. The quantitative estimate of drug-likeness (QED) is 0.479. The van der Waals surface area contributed by atoms with E-state index in [0.717, 1.165) is 6.54 Å². The van der Waals surface area contributed by atoms with Gasteiger partial charge in [0.05, 0.1) is 6.61 Å². The summed E-state index contributed by atoms with van der Waals surface area (Å²) < 4.78 is 4.92. The summed E-state index contributed by atoms with van der Waals surface area (Å²) in [6.45, 7) is 5.43. The minimum absolute atomic E-state index is 0.0911. The number of carbonyl (C=O) groups is 1. The summed E-state index contributed by atoms with van der Waals surface area (Å²) >= 11 is 0. The van der Waals surface area contributed by atoms with Gasteiger partial charge in [-0.15, -0.1) is 0 Å². The van der Waals surface area contributed by atoms with Gasteiger partial charge in [-0.1, -0.05) is 6.08 Å². The summed E-state index contributed by atoms with van der Waals surface area (Å²) in [5, 5.41) is 5.77. The van der Waals surface area contributed by atoms with Crippen LogP contribution in [0.2, 0.25) is 0 Å². The van der Waals surface area contributed by atoms with Crippen molar-refractivity contribution in [3.05, 3.63) is 12.2 Å². The summed E-state index contributed by atoms with van der Waals surface area (Å²) in [7, 11) is 3.27. The molecule has 2 N–H and O–H groups in total. The first-order valence-electron chi connectivity index (χ1n) is 4.67. The molecular weight excluding hydrogens is 180 g/mol. The smallest absolute Gasteiger partial charge is 0.243 e. The Morgan fingerprint density at radius 2 is 2.14 bits per heavy atom. The lowest BCUT2D eigenvalue weighted by Gasteiger charge is -2.21. The van der Waals surface area contributed by atoms with E-state index in [4.69, 9.17) is 4.74 Å². The van der Waals surface area contributed by atoms with Crippen molar-refractivity contribution < 1.29 is 9.53 Å². The van der Waals surface area contributed by atoms with E-state index in [0.29, 0.717) is 6.61 Å². The molecule has 14 heavy (non-hydrogen) atoms. The molecule has 4 heteroatoms. The van der Waals surface area contributed by atoms with E-state index in [1.807, 2.05) is 19.9 Å². The third-order valence-electron chi connectivity index (χ3n) is 1.78. The van der Waals surface area contributed by atoms with Crippen LogP contribution in [0.1, 0.15) is 13.8 Å². The molecule has 0 radical (unpaired) electrons. The van der Waals surface area contributed by atoms with Crippen LogP contribution in [0, 0.1) is 0 Å². The molecule has 0 aliphatic carbocycles. The number of methoxy groups -OCH3 is 1. The molecule has 1 amide bonds. The van der Waals surface area contributed by atoms with Crippen molar-refractivity contribution in [2.24, 2.45) is 0 Å². The maximum absolute atomic E-state index is 10.9. The maximum atomic E-state index is 10.9. The van der Waals surface area contributed by atoms with Gasteiger partial charge >= 0.3 is 0 Å². The minimum atomic E-state index is -0.189. The Kier molecular flexibility index (Phi) is 6.16. The molecule has 0 bridgehead atoms. The molecule has 0 unspecified atom stereocenters. The van der Waals surface area contributed by atoms with Crippen molar-refractivity contribution >= 4 is 5.91 Å². The number of rotatable bonds is 6. The molecular formula is C10H20N2O2. The second-order valence-corrected chi connectivity index (χ2v) is 3.59. The lowest BCUT2D eigenvalue weighted by atomic mass is 10.1. The molecule has 4 nitrogen and oxygen atoms in total. The van der Waals surface area contributed by atoms with Gasteiger partial charge in [0.25, 0.3) is 0 Å². The fraction of sp³-hybridized carbons (Fsp3) is 0.700. The normalized spacial score (nSPS) is 12.0. The first kappa shape index (κ1) is 13.1. The summed E-state index contributed by atoms with van der Waals surface area (Å²) in [4.78, 5) is 10.9. The zero-order chi connectivity index (χ0) is 11.0. The van der Waals surface area contributed by atoms with E-state index < -0.39 is 0 Å². The molecule has 82 valence electrons. The molecule has 0 atom stereocenters. The summed E-state index contributed by atoms with van der Waals surface area (Å²) in [6, 6.07) is 0. The third kappa shape index (κ3) is 6.62. The van der Waals surface area contributed by atoms with Crippen LogP contribution in [-0.2, 0) is 9.53 Å². The van der Waals surface area contributed by atoms with Crippen LogP contribution in [-0.4, -0.2) is 38.8 Å². The number of likely N-dealkylation sites (N-methyl/N-ethyl adjacent to an activating group) is 1. The summed E-state index contributed by atoms with van der Waals surface area (Å²) in [5.74, 6) is -0.0911. The Bertz CT molecular complexity index is 200. The molecule has 0 aromatic heterocycles. The lowest BCUT2D eigenvalue weighted by molar-refractivity contribution is -0.116. The summed E-state index contributed by atoms with van der Waals surface area (Å²) in [5.41, 5.74) is -0.189. The first-order valence-corrected chi connectivity index (χ1v) is 4.67. The fourth-order valence-corrected chi connectivity index (χ4v) is 0.902. The van der Waals surface area contributed by atoms with Gasteiger partial charge in [0.2, 0.25) is 5.91 Å². The number of carbonyl (C=O) groups excluding carboxylic acids is 1. The van der Waals surface area contributed by atoms with Crippen LogP contribution >= 0.6 is 0 Å². The van der Waals surface area contributed by atoms with E-state index in [1.165, 1.54) is 6.08 Å². The number of amides is 1. The molecule has 0 aromatic carbocycles. The van der Waals surface area contributed by atoms with Gasteiger partial charge < -0.3 is 15.4 Å². The fourth-order valence-electron chi connectivity index (χ4n) is 0.902. The molecule has 0 heterocycles. The Morgan fingerprint density at radius 3 is 2.64 bits per heavy atom. The zero-order valence-corrected chi connectivity index (χ0v) is 9.39. The standard InChI is InChI=1S/C10H20N2O2/c1-10(2,12-7-8-14-4)6-5-9(13)11-3/h5-6,12H,7-8H2,1-4H3,(H,11,13). The van der Waals surface area contributed by atoms with Crippen molar-refractivity contribution in [3.63, 3.8) is 0 Å². The topological polar surface area (TPSA) is 50.4 Å². The molecule has 0 aliphatic heterocycles. The van der Waals surface area contributed by atoms with Gasteiger partial charge in [-0.2, -0.15) is 0 Å². The number of hydrogen-bond acceptors (Lipinski definition) is 3. The van der Waals surface area contributed by atoms with Crippen molar-refractivity contribution in [1.29, 1.82) is 0 Å². The van der Waals surface area contributed by atoms with Gasteiger partial charge in [0.15, 0.2) is 0 Å². The average molecular weight is 200 g/mol. The molecule has 0 rings (SSSR count). The zero-order valence-electron chi connectivity index (χ0n) is 9.39. The van der Waals surface area contributed by atoms with E-state index in [1.54, 1.807) is 14.2 Å². The van der Waals surface area contributed by atoms with Crippen molar-refractivity contribution in [2.45, 2.75) is 19.4 Å². The number of nitrogens with one attached hydrogen (secondary N) is 2. The molecule has 0 spiro atoms. The molecule has 0 aromatic rings. The molecule has 0 aliphatic rings. The molecule has 0 fully saturated rings. The number of hydrogen-bond donors (Lipinski definition) is 2. The van der Waals surface area contributed by atoms with E-state index in [-0.39, 0.29) is 11.4 Å². The Hall–Kier alpha value is -0.870. The van der Waals surface area contributed by atoms with Gasteiger partial charge in [0, 0.05) is 32.3 Å².